The predicted octanol–water partition coefficient (Wildman–Crippen LogP) is 1.43. The minimum absolute atomic E-state index is 0.102. The van der Waals surface area contributed by atoms with Crippen molar-refractivity contribution in [2.75, 3.05) is 32.7 Å². The third-order valence-corrected chi connectivity index (χ3v) is 6.79. The molecule has 0 bridgehead atoms. The molecule has 132 valence electrons. The summed E-state index contributed by atoms with van der Waals surface area (Å²) in [5, 5.41) is -0.446. The molecular formula is C17H31ClN4O. The van der Waals surface area contributed by atoms with Crippen LogP contribution in [0.5, 0.6) is 0 Å². The molecule has 3 aliphatic rings. The molecule has 0 radical (unpaired) electrons. The molecule has 4 unspecified atom stereocenters. The van der Waals surface area contributed by atoms with E-state index < -0.39 is 5.38 Å². The van der Waals surface area contributed by atoms with Gasteiger partial charge in [-0.25, -0.2) is 5.43 Å². The lowest BCUT2D eigenvalue weighted by molar-refractivity contribution is -0.125. The second kappa shape index (κ2) is 7.68. The quantitative estimate of drug-likeness (QED) is 0.762. The number of rotatable bonds is 3. The molecule has 3 fully saturated rings. The molecule has 0 aromatic rings. The van der Waals surface area contributed by atoms with Crippen molar-refractivity contribution in [1.29, 1.82) is 0 Å². The maximum absolute atomic E-state index is 11.7. The molecule has 5 atom stereocenters. The Hall–Kier alpha value is -0.360. The molecule has 0 aromatic heterocycles. The molecule has 2 heterocycles. The summed E-state index contributed by atoms with van der Waals surface area (Å²) in [5.74, 6) is 1.60. The minimum Gasteiger partial charge on any atom is -0.298 e. The highest BCUT2D eigenvalue weighted by Gasteiger charge is 2.37. The molecule has 2 N–H and O–H groups in total. The van der Waals surface area contributed by atoms with Crippen LogP contribution in [0.15, 0.2) is 0 Å². The van der Waals surface area contributed by atoms with E-state index in [4.69, 9.17) is 11.6 Å². The third-order valence-electron chi connectivity index (χ3n) is 6.30. The van der Waals surface area contributed by atoms with Crippen molar-refractivity contribution in [2.45, 2.75) is 57.0 Å². The zero-order valence-electron chi connectivity index (χ0n) is 14.4. The topological polar surface area (TPSA) is 47.6 Å². The van der Waals surface area contributed by atoms with E-state index in [1.165, 1.54) is 25.7 Å². The molecule has 5 nitrogen and oxygen atoms in total. The van der Waals surface area contributed by atoms with Crippen LogP contribution >= 0.6 is 11.6 Å². The van der Waals surface area contributed by atoms with E-state index in [0.29, 0.717) is 6.04 Å². The van der Waals surface area contributed by atoms with Crippen LogP contribution in [-0.4, -0.2) is 65.9 Å². The number of nitrogens with one attached hydrogen (secondary N) is 2. The van der Waals surface area contributed by atoms with E-state index in [9.17, 15) is 4.79 Å². The molecule has 1 saturated carbocycles. The number of hydrogen-bond acceptors (Lipinski definition) is 4. The summed E-state index contributed by atoms with van der Waals surface area (Å²) in [4.78, 5) is 16.8. The monoisotopic (exact) mass is 342 g/mol. The number of hydrazine groups is 1. The van der Waals surface area contributed by atoms with Gasteiger partial charge in [0.2, 0.25) is 0 Å². The molecule has 6 heteroatoms. The van der Waals surface area contributed by atoms with Gasteiger partial charge in [0, 0.05) is 44.8 Å². The van der Waals surface area contributed by atoms with Gasteiger partial charge in [-0.3, -0.25) is 20.0 Å². The average Bonchev–Trinajstić information content (AvgIpc) is 2.57. The molecule has 1 aliphatic carbocycles. The van der Waals surface area contributed by atoms with Crippen LogP contribution in [0.2, 0.25) is 0 Å². The fraction of sp³-hybridized carbons (Fsp3) is 0.941. The molecule has 0 aromatic carbocycles. The summed E-state index contributed by atoms with van der Waals surface area (Å²) >= 11 is 6.30. The largest absolute Gasteiger partial charge is 0.298 e. The normalized spacial score (nSPS) is 39.0. The fourth-order valence-electron chi connectivity index (χ4n) is 4.71. The Morgan fingerprint density at radius 3 is 2.57 bits per heavy atom. The van der Waals surface area contributed by atoms with Gasteiger partial charge in [-0.2, -0.15) is 0 Å². The van der Waals surface area contributed by atoms with Gasteiger partial charge in [-0.1, -0.05) is 26.2 Å². The van der Waals surface area contributed by atoms with E-state index in [2.05, 4.69) is 34.5 Å². The highest BCUT2D eigenvalue weighted by molar-refractivity contribution is 6.31. The summed E-state index contributed by atoms with van der Waals surface area (Å²) < 4.78 is 0. The summed E-state index contributed by atoms with van der Waals surface area (Å²) in [5.41, 5.74) is 5.58. The van der Waals surface area contributed by atoms with Crippen LogP contribution in [0.1, 0.15) is 39.5 Å². The Balaban J connectivity index is 1.52. The highest BCUT2D eigenvalue weighted by atomic mass is 35.5. The van der Waals surface area contributed by atoms with Crippen LogP contribution in [0.4, 0.5) is 0 Å². The SMILES string of the molecule is CC1CCCCC1[C@@H](C)N1CCN(C2CNNC(=O)C2Cl)CC1. The number of amides is 1. The van der Waals surface area contributed by atoms with Gasteiger partial charge >= 0.3 is 0 Å². The zero-order valence-corrected chi connectivity index (χ0v) is 15.2. The third kappa shape index (κ3) is 3.84. The zero-order chi connectivity index (χ0) is 16.4. The van der Waals surface area contributed by atoms with Crippen molar-refractivity contribution in [3.05, 3.63) is 0 Å². The Morgan fingerprint density at radius 1 is 1.17 bits per heavy atom. The van der Waals surface area contributed by atoms with Gasteiger partial charge in [0.25, 0.3) is 5.91 Å². The van der Waals surface area contributed by atoms with Crippen LogP contribution in [-0.2, 0) is 4.79 Å². The van der Waals surface area contributed by atoms with E-state index in [-0.39, 0.29) is 11.9 Å². The van der Waals surface area contributed by atoms with Crippen molar-refractivity contribution in [3.63, 3.8) is 0 Å². The first-order valence-electron chi connectivity index (χ1n) is 9.23. The van der Waals surface area contributed by atoms with Gasteiger partial charge in [0.05, 0.1) is 0 Å². The molecule has 23 heavy (non-hydrogen) atoms. The van der Waals surface area contributed by atoms with Gasteiger partial charge in [0.15, 0.2) is 0 Å². The maximum Gasteiger partial charge on any atom is 0.253 e. The molecule has 2 saturated heterocycles. The van der Waals surface area contributed by atoms with Gasteiger partial charge in [-0.05, 0) is 25.2 Å². The smallest absolute Gasteiger partial charge is 0.253 e. The first kappa shape index (κ1) is 17.5. The number of hydrogen-bond donors (Lipinski definition) is 2. The summed E-state index contributed by atoms with van der Waals surface area (Å²) in [6.07, 6.45) is 5.59. The predicted molar refractivity (Wildman–Crippen MR) is 93.3 cm³/mol. The minimum atomic E-state index is -0.446. The number of piperazine rings is 1. The Morgan fingerprint density at radius 2 is 1.87 bits per heavy atom. The van der Waals surface area contributed by atoms with E-state index in [1.54, 1.807) is 0 Å². The first-order chi connectivity index (χ1) is 11.1. The first-order valence-corrected chi connectivity index (χ1v) is 9.66. The fourth-order valence-corrected chi connectivity index (χ4v) is 5.02. The second-order valence-electron chi connectivity index (χ2n) is 7.58. The number of carbonyl (C=O) groups excluding carboxylic acids is 1. The maximum atomic E-state index is 11.7. The number of nitrogens with zero attached hydrogens (tertiary/aromatic N) is 2. The average molecular weight is 343 g/mol. The lowest BCUT2D eigenvalue weighted by Crippen LogP contribution is -2.65. The lowest BCUT2D eigenvalue weighted by atomic mass is 9.76. The van der Waals surface area contributed by atoms with Crippen molar-refractivity contribution in [2.24, 2.45) is 11.8 Å². The van der Waals surface area contributed by atoms with Crippen molar-refractivity contribution in [1.82, 2.24) is 20.7 Å². The van der Waals surface area contributed by atoms with Gasteiger partial charge in [0.1, 0.15) is 5.38 Å². The van der Waals surface area contributed by atoms with Gasteiger partial charge < -0.3 is 0 Å². The van der Waals surface area contributed by atoms with Crippen LogP contribution in [0, 0.1) is 11.8 Å². The molecule has 1 amide bonds. The van der Waals surface area contributed by atoms with Crippen molar-refractivity contribution >= 4 is 17.5 Å². The molecule has 2 aliphatic heterocycles. The molecule has 0 spiro atoms. The number of halogens is 1. The number of alkyl halides is 1. The summed E-state index contributed by atoms with van der Waals surface area (Å²) in [6, 6.07) is 0.781. The Labute approximate surface area is 145 Å². The molecular weight excluding hydrogens is 312 g/mol. The van der Waals surface area contributed by atoms with Gasteiger partial charge in [-0.15, -0.1) is 11.6 Å². The van der Waals surface area contributed by atoms with Crippen LogP contribution in [0.3, 0.4) is 0 Å². The van der Waals surface area contributed by atoms with E-state index >= 15 is 0 Å². The van der Waals surface area contributed by atoms with Crippen molar-refractivity contribution < 1.29 is 4.79 Å². The number of carbonyl (C=O) groups is 1. The van der Waals surface area contributed by atoms with E-state index in [0.717, 1.165) is 44.6 Å². The Kier molecular flexibility index (Phi) is 5.83. The summed E-state index contributed by atoms with van der Waals surface area (Å²) in [6.45, 7) is 9.78. The lowest BCUT2D eigenvalue weighted by Gasteiger charge is -2.46. The van der Waals surface area contributed by atoms with Crippen LogP contribution in [0.25, 0.3) is 0 Å². The standard InChI is InChI=1S/C17H31ClN4O/c1-12-5-3-4-6-14(12)13(2)21-7-9-22(10-8-21)15-11-19-20-17(23)16(15)18/h12-16,19H,3-11H2,1-2H3,(H,20,23)/t12?,13-,14?,15?,16?/m1/s1. The van der Waals surface area contributed by atoms with Crippen molar-refractivity contribution in [3.8, 4) is 0 Å². The van der Waals surface area contributed by atoms with E-state index in [1.807, 2.05) is 0 Å². The Bertz CT molecular complexity index is 413. The highest BCUT2D eigenvalue weighted by Crippen LogP contribution is 2.34. The molecule has 3 rings (SSSR count). The van der Waals surface area contributed by atoms with Crippen LogP contribution < -0.4 is 10.9 Å². The second-order valence-corrected chi connectivity index (χ2v) is 8.05. The summed E-state index contributed by atoms with van der Waals surface area (Å²) in [7, 11) is 0.